The molecular formula is C13H20N2O. The molecule has 0 aliphatic rings. The molecule has 0 bridgehead atoms. The van der Waals surface area contributed by atoms with E-state index in [9.17, 15) is 4.79 Å². The van der Waals surface area contributed by atoms with Gasteiger partial charge < -0.3 is 10.2 Å². The van der Waals surface area contributed by atoms with Gasteiger partial charge in [0.15, 0.2) is 0 Å². The Kier molecular flexibility index (Phi) is 5.57. The average molecular weight is 220 g/mol. The van der Waals surface area contributed by atoms with Crippen LogP contribution in [0.5, 0.6) is 0 Å². The van der Waals surface area contributed by atoms with E-state index in [-0.39, 0.29) is 0 Å². The summed E-state index contributed by atoms with van der Waals surface area (Å²) in [6.45, 7) is 8.49. The lowest BCUT2D eigenvalue weighted by atomic mass is 10.2. The Morgan fingerprint density at radius 2 is 1.81 bits per heavy atom. The quantitative estimate of drug-likeness (QED) is 0.715. The van der Waals surface area contributed by atoms with Gasteiger partial charge in [-0.3, -0.25) is 4.79 Å². The highest BCUT2D eigenvalue weighted by molar-refractivity contribution is 5.75. The van der Waals surface area contributed by atoms with Crippen LogP contribution in [-0.4, -0.2) is 37.4 Å². The molecule has 0 heterocycles. The second-order valence-corrected chi connectivity index (χ2v) is 3.69. The molecule has 0 saturated carbocycles. The van der Waals surface area contributed by atoms with Crippen molar-refractivity contribution >= 4 is 12.0 Å². The predicted octanol–water partition coefficient (Wildman–Crippen LogP) is 2.25. The first-order chi connectivity index (χ1) is 7.80. The smallest absolute Gasteiger partial charge is 0.150 e. The molecule has 0 fully saturated rings. The van der Waals surface area contributed by atoms with Crippen LogP contribution in [-0.2, 0) is 0 Å². The van der Waals surface area contributed by atoms with Gasteiger partial charge in [-0.25, -0.2) is 0 Å². The number of anilines is 1. The summed E-state index contributed by atoms with van der Waals surface area (Å²) in [5, 5.41) is 3.34. The Morgan fingerprint density at radius 1 is 1.19 bits per heavy atom. The Labute approximate surface area is 97.5 Å². The van der Waals surface area contributed by atoms with Crippen LogP contribution < -0.4 is 5.32 Å². The van der Waals surface area contributed by atoms with Crippen LogP contribution in [0.4, 0.5) is 5.69 Å². The molecule has 1 aromatic rings. The minimum absolute atomic E-state index is 0.717. The fourth-order valence-corrected chi connectivity index (χ4v) is 1.58. The molecule has 0 atom stereocenters. The van der Waals surface area contributed by atoms with Crippen molar-refractivity contribution < 1.29 is 4.79 Å². The van der Waals surface area contributed by atoms with Crippen LogP contribution in [0.2, 0.25) is 0 Å². The molecule has 0 amide bonds. The molecule has 88 valence electrons. The van der Waals surface area contributed by atoms with E-state index in [2.05, 4.69) is 24.1 Å². The molecule has 1 rings (SSSR count). The van der Waals surface area contributed by atoms with Crippen molar-refractivity contribution in [3.63, 3.8) is 0 Å². The topological polar surface area (TPSA) is 32.3 Å². The van der Waals surface area contributed by atoms with Gasteiger partial charge >= 0.3 is 0 Å². The first-order valence-electron chi connectivity index (χ1n) is 5.81. The van der Waals surface area contributed by atoms with E-state index in [1.54, 1.807) is 0 Å². The normalized spacial score (nSPS) is 10.4. The summed E-state index contributed by atoms with van der Waals surface area (Å²) in [6, 6.07) is 7.53. The zero-order valence-electron chi connectivity index (χ0n) is 10.1. The number of hydrogen-bond acceptors (Lipinski definition) is 3. The molecule has 3 nitrogen and oxygen atoms in total. The molecule has 1 N–H and O–H groups in total. The molecular weight excluding hydrogens is 200 g/mol. The Morgan fingerprint density at radius 3 is 2.31 bits per heavy atom. The number of benzene rings is 1. The third kappa shape index (κ3) is 4.03. The summed E-state index contributed by atoms with van der Waals surface area (Å²) in [6.07, 6.45) is 0.861. The maximum Gasteiger partial charge on any atom is 0.150 e. The van der Waals surface area contributed by atoms with Crippen molar-refractivity contribution in [3.8, 4) is 0 Å². The summed E-state index contributed by atoms with van der Waals surface area (Å²) in [5.41, 5.74) is 1.78. The molecule has 0 unspecified atom stereocenters. The zero-order valence-corrected chi connectivity index (χ0v) is 10.1. The zero-order chi connectivity index (χ0) is 11.8. The number of rotatable bonds is 7. The molecule has 1 aromatic carbocycles. The van der Waals surface area contributed by atoms with Crippen LogP contribution in [0.1, 0.15) is 24.2 Å². The SMILES string of the molecule is CCN(CC)CCNc1ccc(C=O)cc1. The minimum atomic E-state index is 0.717. The van der Waals surface area contributed by atoms with Crippen LogP contribution in [0.25, 0.3) is 0 Å². The maximum absolute atomic E-state index is 10.5. The van der Waals surface area contributed by atoms with E-state index in [1.165, 1.54) is 0 Å². The van der Waals surface area contributed by atoms with E-state index >= 15 is 0 Å². The first kappa shape index (κ1) is 12.7. The average Bonchev–Trinajstić information content (AvgIpc) is 2.35. The van der Waals surface area contributed by atoms with Gasteiger partial charge in [0.2, 0.25) is 0 Å². The lowest BCUT2D eigenvalue weighted by molar-refractivity contribution is 0.112. The minimum Gasteiger partial charge on any atom is -0.384 e. The van der Waals surface area contributed by atoms with Gasteiger partial charge in [-0.1, -0.05) is 13.8 Å². The van der Waals surface area contributed by atoms with Gasteiger partial charge in [-0.2, -0.15) is 0 Å². The summed E-state index contributed by atoms with van der Waals surface area (Å²) < 4.78 is 0. The van der Waals surface area contributed by atoms with Crippen LogP contribution in [0.3, 0.4) is 0 Å². The fraction of sp³-hybridized carbons (Fsp3) is 0.462. The molecule has 3 heteroatoms. The maximum atomic E-state index is 10.5. The third-order valence-corrected chi connectivity index (χ3v) is 2.70. The van der Waals surface area contributed by atoms with Crippen molar-refractivity contribution in [1.82, 2.24) is 4.90 Å². The summed E-state index contributed by atoms with van der Waals surface area (Å²) in [7, 11) is 0. The highest BCUT2D eigenvalue weighted by Gasteiger charge is 1.98. The van der Waals surface area contributed by atoms with Crippen LogP contribution in [0.15, 0.2) is 24.3 Å². The van der Waals surface area contributed by atoms with Crippen molar-refractivity contribution in [1.29, 1.82) is 0 Å². The van der Waals surface area contributed by atoms with Gasteiger partial charge in [0.1, 0.15) is 6.29 Å². The van der Waals surface area contributed by atoms with Gasteiger partial charge in [0.25, 0.3) is 0 Å². The van der Waals surface area contributed by atoms with E-state index < -0.39 is 0 Å². The second-order valence-electron chi connectivity index (χ2n) is 3.69. The van der Waals surface area contributed by atoms with Crippen molar-refractivity contribution in [2.45, 2.75) is 13.8 Å². The predicted molar refractivity (Wildman–Crippen MR) is 68.1 cm³/mol. The molecule has 0 aliphatic heterocycles. The van der Waals surface area contributed by atoms with Crippen LogP contribution in [0, 0.1) is 0 Å². The monoisotopic (exact) mass is 220 g/mol. The molecule has 0 spiro atoms. The van der Waals surface area contributed by atoms with E-state index in [1.807, 2.05) is 24.3 Å². The van der Waals surface area contributed by atoms with E-state index in [0.717, 1.165) is 38.2 Å². The second kappa shape index (κ2) is 7.01. The van der Waals surface area contributed by atoms with Crippen molar-refractivity contribution in [3.05, 3.63) is 29.8 Å². The van der Waals surface area contributed by atoms with Gasteiger partial charge in [0, 0.05) is 24.3 Å². The summed E-state index contributed by atoms with van der Waals surface area (Å²) in [4.78, 5) is 12.8. The lowest BCUT2D eigenvalue weighted by Crippen LogP contribution is -2.28. The Balaban J connectivity index is 2.34. The van der Waals surface area contributed by atoms with E-state index in [0.29, 0.717) is 5.56 Å². The van der Waals surface area contributed by atoms with Crippen LogP contribution >= 0.6 is 0 Å². The highest BCUT2D eigenvalue weighted by Crippen LogP contribution is 2.07. The van der Waals surface area contributed by atoms with E-state index in [4.69, 9.17) is 0 Å². The summed E-state index contributed by atoms with van der Waals surface area (Å²) in [5.74, 6) is 0. The number of likely N-dealkylation sites (N-methyl/N-ethyl adjacent to an activating group) is 1. The van der Waals surface area contributed by atoms with Gasteiger partial charge in [-0.15, -0.1) is 0 Å². The first-order valence-corrected chi connectivity index (χ1v) is 5.81. The Hall–Kier alpha value is -1.35. The standard InChI is InChI=1S/C13H20N2O/c1-3-15(4-2)10-9-14-13-7-5-12(11-16)6-8-13/h5-8,11,14H,3-4,9-10H2,1-2H3. The molecule has 0 aliphatic carbocycles. The van der Waals surface area contributed by atoms with Crippen molar-refractivity contribution in [2.24, 2.45) is 0 Å². The van der Waals surface area contributed by atoms with Gasteiger partial charge in [0.05, 0.1) is 0 Å². The third-order valence-electron chi connectivity index (χ3n) is 2.70. The molecule has 0 saturated heterocycles. The summed E-state index contributed by atoms with van der Waals surface area (Å²) >= 11 is 0. The molecule has 0 radical (unpaired) electrons. The highest BCUT2D eigenvalue weighted by atomic mass is 16.1. The largest absolute Gasteiger partial charge is 0.384 e. The fourth-order valence-electron chi connectivity index (χ4n) is 1.58. The molecule has 16 heavy (non-hydrogen) atoms. The number of nitrogens with zero attached hydrogens (tertiary/aromatic N) is 1. The number of hydrogen-bond donors (Lipinski definition) is 1. The number of carbonyl (C=O) groups excluding carboxylic acids is 1. The number of carbonyl (C=O) groups is 1. The Bertz CT molecular complexity index is 304. The van der Waals surface area contributed by atoms with Crippen molar-refractivity contribution in [2.75, 3.05) is 31.5 Å². The van der Waals surface area contributed by atoms with Gasteiger partial charge in [-0.05, 0) is 37.4 Å². The molecule has 0 aromatic heterocycles. The number of aldehydes is 1. The number of nitrogens with one attached hydrogen (secondary N) is 1. The lowest BCUT2D eigenvalue weighted by Gasteiger charge is -2.18.